The third kappa shape index (κ3) is 4.28. The van der Waals surface area contributed by atoms with E-state index in [1.54, 1.807) is 0 Å². The smallest absolute Gasteiger partial charge is 0.232 e. The van der Waals surface area contributed by atoms with E-state index in [2.05, 4.69) is 10.2 Å². The summed E-state index contributed by atoms with van der Waals surface area (Å²) in [6.45, 7) is 4.33. The maximum absolute atomic E-state index is 13.3. The van der Waals surface area contributed by atoms with Gasteiger partial charge in [-0.2, -0.15) is 0 Å². The molecule has 1 saturated carbocycles. The van der Waals surface area contributed by atoms with E-state index in [1.807, 2.05) is 25.1 Å². The van der Waals surface area contributed by atoms with Crippen molar-refractivity contribution >= 4 is 23.2 Å². The molecule has 1 amide bonds. The van der Waals surface area contributed by atoms with Crippen LogP contribution in [0.4, 0.5) is 5.69 Å². The number of fused-ring (bicyclic) bond motifs is 1. The predicted molar refractivity (Wildman–Crippen MR) is 116 cm³/mol. The molecule has 160 valence electrons. The summed E-state index contributed by atoms with van der Waals surface area (Å²) in [5.41, 5.74) is 0.246. The fourth-order valence-electron chi connectivity index (χ4n) is 5.22. The van der Waals surface area contributed by atoms with Crippen molar-refractivity contribution in [2.75, 3.05) is 37.7 Å². The number of anilines is 1. The molecule has 3 aliphatic rings. The van der Waals surface area contributed by atoms with Crippen LogP contribution in [0.5, 0.6) is 0 Å². The van der Waals surface area contributed by atoms with Gasteiger partial charge in [0.1, 0.15) is 5.60 Å². The van der Waals surface area contributed by atoms with Crippen LogP contribution in [0.25, 0.3) is 0 Å². The molecular weight excluding hydrogens is 388 g/mol. The van der Waals surface area contributed by atoms with Crippen molar-refractivity contribution in [2.24, 2.45) is 5.92 Å². The Labute approximate surface area is 178 Å². The van der Waals surface area contributed by atoms with Gasteiger partial charge >= 0.3 is 0 Å². The summed E-state index contributed by atoms with van der Waals surface area (Å²) in [5.74, 6) is 0.759. The Bertz CT molecular complexity index is 744. The number of β-amino-alcohol motifs (C(OH)–C–C–N with tert-alkyl or cyclic N) is 1. The Balaban J connectivity index is 1.45. The Morgan fingerprint density at radius 2 is 2.00 bits per heavy atom. The zero-order chi connectivity index (χ0) is 20.5. The fourth-order valence-corrected chi connectivity index (χ4v) is 5.59. The molecule has 0 spiro atoms. The first-order valence-corrected chi connectivity index (χ1v) is 11.4. The second kappa shape index (κ2) is 8.44. The molecule has 29 heavy (non-hydrogen) atoms. The molecule has 1 aromatic rings. The number of hydrogen-bond donors (Lipinski definition) is 2. The Morgan fingerprint density at radius 1 is 1.28 bits per heavy atom. The molecule has 2 heterocycles. The number of carbonyl (C=O) groups excluding carboxylic acids is 1. The van der Waals surface area contributed by atoms with E-state index in [1.165, 1.54) is 38.5 Å². The Kier molecular flexibility index (Phi) is 6.10. The lowest BCUT2D eigenvalue weighted by Gasteiger charge is -2.40. The summed E-state index contributed by atoms with van der Waals surface area (Å²) < 4.78 is 5.20. The average Bonchev–Trinajstić information content (AvgIpc) is 2.82. The fraction of sp³-hybridized carbons (Fsp3) is 0.696. The number of aliphatic hydroxyl groups is 1. The largest absolute Gasteiger partial charge is 0.383 e. The van der Waals surface area contributed by atoms with Gasteiger partial charge in [-0.15, -0.1) is 0 Å². The van der Waals surface area contributed by atoms with Gasteiger partial charge in [0.05, 0.1) is 25.2 Å². The van der Waals surface area contributed by atoms with Crippen molar-refractivity contribution in [1.82, 2.24) is 5.32 Å². The summed E-state index contributed by atoms with van der Waals surface area (Å²) in [4.78, 5) is 15.4. The first-order valence-electron chi connectivity index (χ1n) is 11.0. The first kappa shape index (κ1) is 21.0. The highest BCUT2D eigenvalue weighted by Gasteiger charge is 2.49. The monoisotopic (exact) mass is 420 g/mol. The lowest BCUT2D eigenvalue weighted by molar-refractivity contribution is -0.171. The molecule has 1 atom stereocenters. The first-order chi connectivity index (χ1) is 13.9. The minimum absolute atomic E-state index is 0.0276. The highest BCUT2D eigenvalue weighted by molar-refractivity contribution is 6.32. The average molecular weight is 421 g/mol. The van der Waals surface area contributed by atoms with Crippen molar-refractivity contribution in [1.29, 1.82) is 0 Å². The van der Waals surface area contributed by atoms with Crippen LogP contribution < -0.4 is 10.2 Å². The van der Waals surface area contributed by atoms with E-state index in [4.69, 9.17) is 16.3 Å². The van der Waals surface area contributed by atoms with E-state index in [-0.39, 0.29) is 5.91 Å². The highest BCUT2D eigenvalue weighted by Crippen LogP contribution is 2.45. The van der Waals surface area contributed by atoms with Crippen LogP contribution in [-0.4, -0.2) is 49.5 Å². The van der Waals surface area contributed by atoms with Gasteiger partial charge in [0.15, 0.2) is 0 Å². The van der Waals surface area contributed by atoms with E-state index >= 15 is 0 Å². The molecule has 4 rings (SSSR count). The van der Waals surface area contributed by atoms with Gasteiger partial charge in [0, 0.05) is 29.4 Å². The quantitative estimate of drug-likeness (QED) is 0.689. The van der Waals surface area contributed by atoms with E-state index < -0.39 is 11.0 Å². The van der Waals surface area contributed by atoms with Crippen LogP contribution in [0.1, 0.15) is 57.4 Å². The zero-order valence-electron chi connectivity index (χ0n) is 17.4. The Hall–Kier alpha value is -1.30. The molecule has 6 heteroatoms. The molecule has 2 N–H and O–H groups in total. The SMILES string of the molecule is CC1(C(=O)NCCC2CCCCCC2)CN(CC2(O)COC2)c2cccc(Cl)c21. The second-order valence-electron chi connectivity index (χ2n) is 9.44. The van der Waals surface area contributed by atoms with Crippen molar-refractivity contribution < 1.29 is 14.6 Å². The lowest BCUT2D eigenvalue weighted by Crippen LogP contribution is -2.58. The van der Waals surface area contributed by atoms with Gasteiger partial charge < -0.3 is 20.1 Å². The van der Waals surface area contributed by atoms with Crippen LogP contribution in [-0.2, 0) is 14.9 Å². The zero-order valence-corrected chi connectivity index (χ0v) is 18.1. The number of nitrogens with one attached hydrogen (secondary N) is 1. The number of carbonyl (C=O) groups is 1. The molecule has 1 unspecified atom stereocenters. The number of rotatable bonds is 6. The highest BCUT2D eigenvalue weighted by atomic mass is 35.5. The number of hydrogen-bond acceptors (Lipinski definition) is 4. The molecule has 1 saturated heterocycles. The summed E-state index contributed by atoms with van der Waals surface area (Å²) >= 11 is 6.56. The van der Waals surface area contributed by atoms with Gasteiger partial charge in [-0.1, -0.05) is 56.2 Å². The minimum Gasteiger partial charge on any atom is -0.383 e. The standard InChI is InChI=1S/C23H33ClN2O3/c1-22(21(27)25-12-11-17-7-4-2-3-5-8-17)13-26(14-23(28)15-29-16-23)19-10-6-9-18(24)20(19)22/h6,9-10,17,28H,2-5,7-8,11-16H2,1H3,(H,25,27). The topological polar surface area (TPSA) is 61.8 Å². The lowest BCUT2D eigenvalue weighted by atomic mass is 9.83. The molecular formula is C23H33ClN2O3. The Morgan fingerprint density at radius 3 is 2.66 bits per heavy atom. The second-order valence-corrected chi connectivity index (χ2v) is 9.85. The maximum atomic E-state index is 13.3. The summed E-state index contributed by atoms with van der Waals surface area (Å²) in [6, 6.07) is 5.75. The number of benzene rings is 1. The van der Waals surface area contributed by atoms with Gasteiger partial charge in [-0.3, -0.25) is 4.79 Å². The van der Waals surface area contributed by atoms with E-state index in [9.17, 15) is 9.90 Å². The molecule has 0 bridgehead atoms. The van der Waals surface area contributed by atoms with Crippen molar-refractivity contribution in [2.45, 2.75) is 62.9 Å². The van der Waals surface area contributed by atoms with E-state index in [0.29, 0.717) is 31.3 Å². The predicted octanol–water partition coefficient (Wildman–Crippen LogP) is 3.66. The number of halogens is 1. The maximum Gasteiger partial charge on any atom is 0.232 e. The normalized spacial score (nSPS) is 26.5. The molecule has 0 aromatic heterocycles. The van der Waals surface area contributed by atoms with Gasteiger partial charge in [-0.05, 0) is 31.4 Å². The molecule has 1 aliphatic carbocycles. The van der Waals surface area contributed by atoms with Crippen LogP contribution in [0.2, 0.25) is 5.02 Å². The van der Waals surface area contributed by atoms with Crippen LogP contribution in [0.15, 0.2) is 18.2 Å². The molecule has 2 fully saturated rings. The van der Waals surface area contributed by atoms with Crippen molar-refractivity contribution in [3.8, 4) is 0 Å². The third-order valence-electron chi connectivity index (χ3n) is 6.93. The van der Waals surface area contributed by atoms with Crippen LogP contribution in [0.3, 0.4) is 0 Å². The number of nitrogens with zero attached hydrogens (tertiary/aromatic N) is 1. The van der Waals surface area contributed by atoms with Crippen LogP contribution >= 0.6 is 11.6 Å². The van der Waals surface area contributed by atoms with Gasteiger partial charge in [-0.25, -0.2) is 0 Å². The third-order valence-corrected chi connectivity index (χ3v) is 7.25. The molecule has 5 nitrogen and oxygen atoms in total. The van der Waals surface area contributed by atoms with Gasteiger partial charge in [0.25, 0.3) is 0 Å². The summed E-state index contributed by atoms with van der Waals surface area (Å²) in [7, 11) is 0. The molecule has 1 aromatic carbocycles. The van der Waals surface area contributed by atoms with Crippen LogP contribution in [0, 0.1) is 5.92 Å². The van der Waals surface area contributed by atoms with E-state index in [0.717, 1.165) is 30.1 Å². The molecule has 0 radical (unpaired) electrons. The number of ether oxygens (including phenoxy) is 1. The van der Waals surface area contributed by atoms with Gasteiger partial charge in [0.2, 0.25) is 5.91 Å². The summed E-state index contributed by atoms with van der Waals surface area (Å²) in [5, 5.41) is 14.4. The summed E-state index contributed by atoms with van der Waals surface area (Å²) in [6.07, 6.45) is 8.97. The van der Waals surface area contributed by atoms with Crippen molar-refractivity contribution in [3.63, 3.8) is 0 Å². The van der Waals surface area contributed by atoms with Crippen molar-refractivity contribution in [3.05, 3.63) is 28.8 Å². The minimum atomic E-state index is -0.846. The number of amides is 1. The molecule has 2 aliphatic heterocycles.